The van der Waals surface area contributed by atoms with E-state index in [1.165, 1.54) is 22.9 Å². The van der Waals surface area contributed by atoms with E-state index in [9.17, 15) is 9.59 Å². The normalized spacial score (nSPS) is 10.4. The van der Waals surface area contributed by atoms with Crippen LogP contribution in [0, 0.1) is 0 Å². The maximum Gasteiger partial charge on any atom is 0.337 e. The third-order valence-corrected chi connectivity index (χ3v) is 2.41. The lowest BCUT2D eigenvalue weighted by Crippen LogP contribution is -2.21. The second kappa shape index (κ2) is 4.69. The van der Waals surface area contributed by atoms with E-state index in [0.717, 1.165) is 5.76 Å². The number of carboxylic acids is 1. The number of aromatic carboxylic acids is 1. The van der Waals surface area contributed by atoms with Crippen LogP contribution in [0.3, 0.4) is 0 Å². The molecular formula is C12H11NO4. The first-order valence-electron chi connectivity index (χ1n) is 5.13. The third-order valence-electron chi connectivity index (χ3n) is 2.41. The van der Waals surface area contributed by atoms with Crippen molar-refractivity contribution in [3.8, 4) is 0 Å². The second-order valence-electron chi connectivity index (χ2n) is 3.58. The second-order valence-corrected chi connectivity index (χ2v) is 3.58. The molecule has 2 aromatic rings. The van der Waals surface area contributed by atoms with Crippen LogP contribution in [0.25, 0.3) is 0 Å². The van der Waals surface area contributed by atoms with Gasteiger partial charge >= 0.3 is 5.97 Å². The van der Waals surface area contributed by atoms with Crippen LogP contribution >= 0.6 is 0 Å². The Morgan fingerprint density at radius 1 is 1.35 bits per heavy atom. The van der Waals surface area contributed by atoms with Gasteiger partial charge in [-0.1, -0.05) is 0 Å². The van der Waals surface area contributed by atoms with Gasteiger partial charge in [0.15, 0.2) is 0 Å². The molecule has 0 aromatic carbocycles. The minimum atomic E-state index is -1.04. The predicted molar refractivity (Wildman–Crippen MR) is 60.1 cm³/mol. The molecule has 1 N–H and O–H groups in total. The van der Waals surface area contributed by atoms with E-state index >= 15 is 0 Å². The molecule has 0 unspecified atom stereocenters. The number of nitrogens with zero attached hydrogens (tertiary/aromatic N) is 1. The minimum Gasteiger partial charge on any atom is -0.478 e. The summed E-state index contributed by atoms with van der Waals surface area (Å²) in [6.45, 7) is 0.396. The van der Waals surface area contributed by atoms with Crippen molar-refractivity contribution in [1.29, 1.82) is 0 Å². The quantitative estimate of drug-likeness (QED) is 0.865. The summed E-state index contributed by atoms with van der Waals surface area (Å²) in [5, 5.41) is 8.82. The summed E-state index contributed by atoms with van der Waals surface area (Å²) in [5.41, 5.74) is -0.120. The van der Waals surface area contributed by atoms with Crippen molar-refractivity contribution in [2.75, 3.05) is 0 Å². The molecule has 0 radical (unpaired) electrons. The van der Waals surface area contributed by atoms with Crippen molar-refractivity contribution in [2.45, 2.75) is 13.0 Å². The van der Waals surface area contributed by atoms with Crippen LogP contribution in [0.15, 0.2) is 45.9 Å². The fourth-order valence-corrected chi connectivity index (χ4v) is 1.52. The first-order valence-corrected chi connectivity index (χ1v) is 5.13. The molecule has 17 heavy (non-hydrogen) atoms. The van der Waals surface area contributed by atoms with E-state index in [1.807, 2.05) is 6.07 Å². The van der Waals surface area contributed by atoms with E-state index in [4.69, 9.17) is 9.52 Å². The average Bonchev–Trinajstić information content (AvgIpc) is 2.80. The van der Waals surface area contributed by atoms with Gasteiger partial charge in [0.1, 0.15) is 5.76 Å². The van der Waals surface area contributed by atoms with E-state index in [0.29, 0.717) is 13.0 Å². The highest BCUT2D eigenvalue weighted by Crippen LogP contribution is 2.03. The molecular weight excluding hydrogens is 222 g/mol. The largest absolute Gasteiger partial charge is 0.478 e. The van der Waals surface area contributed by atoms with Gasteiger partial charge in [-0.15, -0.1) is 0 Å². The predicted octanol–water partition coefficient (Wildman–Crippen LogP) is 1.38. The maximum atomic E-state index is 11.5. The summed E-state index contributed by atoms with van der Waals surface area (Å²) in [6, 6.07) is 6.14. The molecule has 0 saturated carbocycles. The topological polar surface area (TPSA) is 72.4 Å². The number of pyridine rings is 1. The number of aromatic nitrogens is 1. The molecule has 0 amide bonds. The summed E-state index contributed by atoms with van der Waals surface area (Å²) < 4.78 is 6.51. The van der Waals surface area contributed by atoms with Gasteiger partial charge in [0.2, 0.25) is 0 Å². The molecule has 0 saturated heterocycles. The molecule has 0 aliphatic rings. The van der Waals surface area contributed by atoms with Crippen LogP contribution in [-0.2, 0) is 13.0 Å². The van der Waals surface area contributed by atoms with Crippen molar-refractivity contribution in [3.05, 3.63) is 58.4 Å². The number of hydrogen-bond donors (Lipinski definition) is 1. The number of aryl methyl sites for hydroxylation is 2. The summed E-state index contributed by atoms with van der Waals surface area (Å²) in [6.07, 6.45) is 3.45. The van der Waals surface area contributed by atoms with Crippen molar-refractivity contribution >= 4 is 5.97 Å². The molecule has 2 rings (SSSR count). The molecule has 0 fully saturated rings. The Bertz CT molecular complexity index is 568. The molecule has 0 bridgehead atoms. The summed E-state index contributed by atoms with van der Waals surface area (Å²) >= 11 is 0. The van der Waals surface area contributed by atoms with Crippen molar-refractivity contribution < 1.29 is 14.3 Å². The zero-order valence-electron chi connectivity index (χ0n) is 9.00. The molecule has 0 aliphatic heterocycles. The van der Waals surface area contributed by atoms with Crippen LogP contribution in [0.4, 0.5) is 0 Å². The Labute approximate surface area is 96.9 Å². The Kier molecular flexibility index (Phi) is 3.09. The lowest BCUT2D eigenvalue weighted by molar-refractivity contribution is 0.0696. The van der Waals surface area contributed by atoms with Crippen LogP contribution in [0.1, 0.15) is 16.1 Å². The first kappa shape index (κ1) is 11.2. The zero-order chi connectivity index (χ0) is 12.3. The van der Waals surface area contributed by atoms with Crippen molar-refractivity contribution in [2.24, 2.45) is 0 Å². The lowest BCUT2D eigenvalue weighted by atomic mass is 10.2. The molecule has 0 aliphatic carbocycles. The number of rotatable bonds is 4. The highest BCUT2D eigenvalue weighted by Gasteiger charge is 2.05. The fourth-order valence-electron chi connectivity index (χ4n) is 1.52. The number of hydrogen-bond acceptors (Lipinski definition) is 3. The van der Waals surface area contributed by atoms with Gasteiger partial charge in [0, 0.05) is 25.2 Å². The number of furan rings is 1. The Balaban J connectivity index is 2.17. The lowest BCUT2D eigenvalue weighted by Gasteiger charge is -2.04. The number of carboxylic acid groups (broad SMARTS) is 1. The molecule has 2 aromatic heterocycles. The summed E-state index contributed by atoms with van der Waals surface area (Å²) in [4.78, 5) is 22.3. The summed E-state index contributed by atoms with van der Waals surface area (Å²) in [7, 11) is 0. The van der Waals surface area contributed by atoms with Crippen LogP contribution < -0.4 is 5.56 Å². The van der Waals surface area contributed by atoms with Crippen molar-refractivity contribution in [3.63, 3.8) is 0 Å². The van der Waals surface area contributed by atoms with Gasteiger partial charge in [-0.3, -0.25) is 4.79 Å². The Hall–Kier alpha value is -2.30. The molecule has 2 heterocycles. The molecule has 0 spiro atoms. The summed E-state index contributed by atoms with van der Waals surface area (Å²) in [5.74, 6) is -0.283. The molecule has 88 valence electrons. The zero-order valence-corrected chi connectivity index (χ0v) is 9.00. The monoisotopic (exact) mass is 233 g/mol. The fraction of sp³-hybridized carbons (Fsp3) is 0.167. The SMILES string of the molecule is O=C(O)c1ccc(=O)n(CCc2ccco2)c1. The number of carbonyl (C=O) groups is 1. The Morgan fingerprint density at radius 2 is 2.18 bits per heavy atom. The third kappa shape index (κ3) is 2.63. The van der Waals surface area contributed by atoms with E-state index in [2.05, 4.69) is 0 Å². The van der Waals surface area contributed by atoms with Crippen LogP contribution in [0.2, 0.25) is 0 Å². The van der Waals surface area contributed by atoms with Gasteiger partial charge in [-0.2, -0.15) is 0 Å². The molecule has 0 atom stereocenters. The van der Waals surface area contributed by atoms with E-state index < -0.39 is 5.97 Å². The standard InChI is InChI=1S/C12H11NO4/c14-11-4-3-9(12(15)16)8-13(11)6-5-10-2-1-7-17-10/h1-4,7-8H,5-6H2,(H,15,16). The highest BCUT2D eigenvalue weighted by atomic mass is 16.4. The van der Waals surface area contributed by atoms with Crippen LogP contribution in [0.5, 0.6) is 0 Å². The minimum absolute atomic E-state index is 0.101. The van der Waals surface area contributed by atoms with Gasteiger partial charge in [0.05, 0.1) is 11.8 Å². The van der Waals surface area contributed by atoms with Gasteiger partial charge in [0.25, 0.3) is 5.56 Å². The highest BCUT2D eigenvalue weighted by molar-refractivity contribution is 5.87. The van der Waals surface area contributed by atoms with E-state index in [1.54, 1.807) is 12.3 Å². The smallest absolute Gasteiger partial charge is 0.337 e. The van der Waals surface area contributed by atoms with Gasteiger partial charge in [-0.25, -0.2) is 4.79 Å². The van der Waals surface area contributed by atoms with Crippen LogP contribution in [-0.4, -0.2) is 15.6 Å². The Morgan fingerprint density at radius 3 is 2.82 bits per heavy atom. The average molecular weight is 233 g/mol. The molecule has 5 heteroatoms. The maximum absolute atomic E-state index is 11.5. The first-order chi connectivity index (χ1) is 8.16. The van der Waals surface area contributed by atoms with E-state index in [-0.39, 0.29) is 11.1 Å². The van der Waals surface area contributed by atoms with Gasteiger partial charge < -0.3 is 14.1 Å². The van der Waals surface area contributed by atoms with Crippen molar-refractivity contribution in [1.82, 2.24) is 4.57 Å². The van der Waals surface area contributed by atoms with Gasteiger partial charge in [-0.05, 0) is 18.2 Å². The molecule has 5 nitrogen and oxygen atoms in total.